The maximum atomic E-state index is 12.5. The van der Waals surface area contributed by atoms with Gasteiger partial charge in [0.15, 0.2) is 11.7 Å². The molecular weight excluding hydrogens is 366 g/mol. The quantitative estimate of drug-likeness (QED) is 0.459. The highest BCUT2D eigenvalue weighted by atomic mass is 32.1. The standard InChI is InChI=1S/C19H17N3O4S/c1-3-9-22(17(23)11-25-18(24)16-10-13(2)21-26-16)19-20-15(12-27-19)14-7-5-4-6-8-14/h3-8,10,12H,1,9,11H2,2H3. The summed E-state index contributed by atoms with van der Waals surface area (Å²) in [5.74, 6) is -1.20. The van der Waals surface area contributed by atoms with Crippen molar-refractivity contribution in [3.63, 3.8) is 0 Å². The van der Waals surface area contributed by atoms with Gasteiger partial charge in [-0.05, 0) is 6.92 Å². The van der Waals surface area contributed by atoms with E-state index < -0.39 is 18.5 Å². The van der Waals surface area contributed by atoms with Crippen LogP contribution in [0.2, 0.25) is 0 Å². The van der Waals surface area contributed by atoms with Crippen molar-refractivity contribution in [3.8, 4) is 11.3 Å². The van der Waals surface area contributed by atoms with E-state index in [1.165, 1.54) is 22.3 Å². The normalized spacial score (nSPS) is 10.4. The Morgan fingerprint density at radius 2 is 2.11 bits per heavy atom. The second-order valence-corrected chi connectivity index (χ2v) is 6.42. The predicted molar refractivity (Wildman–Crippen MR) is 102 cm³/mol. The van der Waals surface area contributed by atoms with Crippen molar-refractivity contribution < 1.29 is 18.8 Å². The lowest BCUT2D eigenvalue weighted by Gasteiger charge is -2.17. The van der Waals surface area contributed by atoms with Crippen LogP contribution in [0.5, 0.6) is 0 Å². The number of carbonyl (C=O) groups excluding carboxylic acids is 2. The lowest BCUT2D eigenvalue weighted by Crippen LogP contribution is -2.34. The molecule has 0 aliphatic rings. The minimum absolute atomic E-state index is 0.0452. The Balaban J connectivity index is 1.69. The molecule has 0 N–H and O–H groups in total. The topological polar surface area (TPSA) is 85.5 Å². The SMILES string of the molecule is C=CCN(C(=O)COC(=O)c1cc(C)no1)c1nc(-c2ccccc2)cs1. The summed E-state index contributed by atoms with van der Waals surface area (Å²) in [5.41, 5.74) is 2.28. The van der Waals surface area contributed by atoms with Crippen LogP contribution in [0.3, 0.4) is 0 Å². The van der Waals surface area contributed by atoms with Gasteiger partial charge in [-0.2, -0.15) is 0 Å². The highest BCUT2D eigenvalue weighted by Crippen LogP contribution is 2.27. The van der Waals surface area contributed by atoms with Crippen molar-refractivity contribution in [3.05, 3.63) is 65.9 Å². The first kappa shape index (κ1) is 18.5. The van der Waals surface area contributed by atoms with Gasteiger partial charge in [0.25, 0.3) is 5.91 Å². The van der Waals surface area contributed by atoms with Gasteiger partial charge in [-0.1, -0.05) is 41.6 Å². The van der Waals surface area contributed by atoms with Crippen LogP contribution < -0.4 is 4.90 Å². The number of aromatic nitrogens is 2. The fourth-order valence-corrected chi connectivity index (χ4v) is 3.14. The van der Waals surface area contributed by atoms with Gasteiger partial charge in [0, 0.05) is 23.6 Å². The third kappa shape index (κ3) is 4.48. The zero-order chi connectivity index (χ0) is 19.2. The lowest BCUT2D eigenvalue weighted by atomic mass is 10.2. The smallest absolute Gasteiger partial charge is 0.377 e. The monoisotopic (exact) mass is 383 g/mol. The molecular formula is C19H17N3O4S. The zero-order valence-electron chi connectivity index (χ0n) is 14.6. The van der Waals surface area contributed by atoms with Crippen LogP contribution in [-0.2, 0) is 9.53 Å². The van der Waals surface area contributed by atoms with Crippen molar-refractivity contribution in [1.82, 2.24) is 10.1 Å². The number of esters is 1. The molecule has 0 saturated heterocycles. The van der Waals surface area contributed by atoms with Crippen molar-refractivity contribution in [2.24, 2.45) is 0 Å². The molecule has 0 fully saturated rings. The molecule has 27 heavy (non-hydrogen) atoms. The van der Waals surface area contributed by atoms with E-state index in [1.807, 2.05) is 35.7 Å². The number of hydrogen-bond donors (Lipinski definition) is 0. The minimum atomic E-state index is -0.744. The predicted octanol–water partition coefficient (Wildman–Crippen LogP) is 3.48. The molecule has 0 spiro atoms. The highest BCUT2D eigenvalue weighted by molar-refractivity contribution is 7.14. The Morgan fingerprint density at radius 1 is 1.33 bits per heavy atom. The molecule has 0 aliphatic heterocycles. The molecule has 138 valence electrons. The van der Waals surface area contributed by atoms with Gasteiger partial charge in [0.2, 0.25) is 5.76 Å². The number of benzene rings is 1. The van der Waals surface area contributed by atoms with Crippen LogP contribution >= 0.6 is 11.3 Å². The molecule has 0 radical (unpaired) electrons. The van der Waals surface area contributed by atoms with E-state index in [-0.39, 0.29) is 12.3 Å². The van der Waals surface area contributed by atoms with Gasteiger partial charge in [0.1, 0.15) is 0 Å². The lowest BCUT2D eigenvalue weighted by molar-refractivity contribution is -0.121. The molecule has 0 saturated carbocycles. The summed E-state index contributed by atoms with van der Waals surface area (Å²) in [5, 5.41) is 5.99. The summed E-state index contributed by atoms with van der Waals surface area (Å²) in [6, 6.07) is 11.1. The van der Waals surface area contributed by atoms with E-state index in [2.05, 4.69) is 16.7 Å². The average Bonchev–Trinajstić information content (AvgIpc) is 3.34. The fourth-order valence-electron chi connectivity index (χ4n) is 2.28. The number of anilines is 1. The van der Waals surface area contributed by atoms with E-state index in [0.29, 0.717) is 10.8 Å². The van der Waals surface area contributed by atoms with Crippen molar-refractivity contribution >= 4 is 28.3 Å². The Labute approximate surface area is 159 Å². The Bertz CT molecular complexity index is 949. The number of aryl methyl sites for hydroxylation is 1. The number of thiazole rings is 1. The van der Waals surface area contributed by atoms with Crippen LogP contribution in [0, 0.1) is 6.92 Å². The van der Waals surface area contributed by atoms with Gasteiger partial charge < -0.3 is 9.26 Å². The van der Waals surface area contributed by atoms with E-state index >= 15 is 0 Å². The number of ether oxygens (including phenoxy) is 1. The first-order valence-electron chi connectivity index (χ1n) is 8.11. The van der Waals surface area contributed by atoms with Crippen LogP contribution in [0.4, 0.5) is 5.13 Å². The number of nitrogens with zero attached hydrogens (tertiary/aromatic N) is 3. The van der Waals surface area contributed by atoms with E-state index in [1.54, 1.807) is 13.0 Å². The van der Waals surface area contributed by atoms with E-state index in [4.69, 9.17) is 9.26 Å². The first-order chi connectivity index (χ1) is 13.1. The summed E-state index contributed by atoms with van der Waals surface area (Å²) in [7, 11) is 0. The Kier molecular flexibility index (Phi) is 5.77. The fraction of sp³-hybridized carbons (Fsp3) is 0.158. The minimum Gasteiger partial charge on any atom is -0.450 e. The van der Waals surface area contributed by atoms with Crippen LogP contribution in [-0.4, -0.2) is 35.2 Å². The number of rotatable bonds is 7. The molecule has 2 heterocycles. The summed E-state index contributed by atoms with van der Waals surface area (Å²) in [4.78, 5) is 30.4. The van der Waals surface area contributed by atoms with Gasteiger partial charge in [0.05, 0.1) is 11.4 Å². The Morgan fingerprint density at radius 3 is 2.78 bits per heavy atom. The van der Waals surface area contributed by atoms with Crippen molar-refractivity contribution in [2.75, 3.05) is 18.1 Å². The molecule has 0 bridgehead atoms. The number of carbonyl (C=O) groups is 2. The Hall–Kier alpha value is -3.26. The van der Waals surface area contributed by atoms with E-state index in [0.717, 1.165) is 11.3 Å². The maximum absolute atomic E-state index is 12.5. The molecule has 0 atom stereocenters. The van der Waals surface area contributed by atoms with E-state index in [9.17, 15) is 9.59 Å². The summed E-state index contributed by atoms with van der Waals surface area (Å²) in [6.07, 6.45) is 1.59. The van der Waals surface area contributed by atoms with Gasteiger partial charge in [-0.3, -0.25) is 9.69 Å². The van der Waals surface area contributed by atoms with Crippen molar-refractivity contribution in [1.29, 1.82) is 0 Å². The molecule has 1 aromatic carbocycles. The molecule has 8 heteroatoms. The molecule has 0 unspecified atom stereocenters. The maximum Gasteiger partial charge on any atom is 0.377 e. The molecule has 1 amide bonds. The summed E-state index contributed by atoms with van der Waals surface area (Å²) >= 11 is 1.33. The molecule has 3 aromatic rings. The van der Waals surface area contributed by atoms with Crippen LogP contribution in [0.25, 0.3) is 11.3 Å². The third-order valence-corrected chi connectivity index (χ3v) is 4.42. The average molecular weight is 383 g/mol. The molecule has 0 aliphatic carbocycles. The molecule has 7 nitrogen and oxygen atoms in total. The number of amides is 1. The highest BCUT2D eigenvalue weighted by Gasteiger charge is 2.21. The summed E-state index contributed by atoms with van der Waals surface area (Å²) < 4.78 is 9.85. The first-order valence-corrected chi connectivity index (χ1v) is 8.99. The van der Waals surface area contributed by atoms with Gasteiger partial charge >= 0.3 is 5.97 Å². The third-order valence-electron chi connectivity index (χ3n) is 3.56. The molecule has 2 aromatic heterocycles. The zero-order valence-corrected chi connectivity index (χ0v) is 15.4. The number of hydrogen-bond acceptors (Lipinski definition) is 7. The second kappa shape index (κ2) is 8.41. The second-order valence-electron chi connectivity index (χ2n) is 5.58. The van der Waals surface area contributed by atoms with Crippen LogP contribution in [0.15, 0.2) is 59.0 Å². The van der Waals surface area contributed by atoms with Crippen molar-refractivity contribution in [2.45, 2.75) is 6.92 Å². The van der Waals surface area contributed by atoms with Gasteiger partial charge in [-0.15, -0.1) is 17.9 Å². The summed E-state index contributed by atoms with van der Waals surface area (Å²) in [6.45, 7) is 5.17. The van der Waals surface area contributed by atoms with Crippen LogP contribution in [0.1, 0.15) is 16.2 Å². The molecule has 3 rings (SSSR count). The van der Waals surface area contributed by atoms with Gasteiger partial charge in [-0.25, -0.2) is 9.78 Å². The largest absolute Gasteiger partial charge is 0.450 e.